The minimum Gasteiger partial charge on any atom is -0.379 e. The Labute approximate surface area is 176 Å². The van der Waals surface area contributed by atoms with Crippen LogP contribution >= 0.6 is 23.2 Å². The van der Waals surface area contributed by atoms with Gasteiger partial charge < -0.3 is 14.8 Å². The molecule has 7 nitrogen and oxygen atoms in total. The third kappa shape index (κ3) is 6.53. The van der Waals surface area contributed by atoms with E-state index in [2.05, 4.69) is 14.9 Å². The van der Waals surface area contributed by atoms with Crippen molar-refractivity contribution in [2.45, 2.75) is 6.10 Å². The summed E-state index contributed by atoms with van der Waals surface area (Å²) >= 11 is 12.2. The van der Waals surface area contributed by atoms with Crippen molar-refractivity contribution in [2.75, 3.05) is 64.8 Å². The number of rotatable bonds is 7. The van der Waals surface area contributed by atoms with Gasteiger partial charge in [-0.3, -0.25) is 4.90 Å². The average Bonchev–Trinajstić information content (AvgIpc) is 2.93. The molecular formula is C18H27Cl2N3O4S. The third-order valence-corrected chi connectivity index (χ3v) is 7.09. The van der Waals surface area contributed by atoms with Gasteiger partial charge in [-0.25, -0.2) is 13.1 Å². The Morgan fingerprint density at radius 2 is 1.96 bits per heavy atom. The molecule has 1 aromatic carbocycles. The molecule has 2 saturated heterocycles. The van der Waals surface area contributed by atoms with Crippen LogP contribution < -0.4 is 10.0 Å². The van der Waals surface area contributed by atoms with Crippen molar-refractivity contribution in [3.8, 4) is 0 Å². The Morgan fingerprint density at radius 3 is 2.71 bits per heavy atom. The normalized spacial score (nSPS) is 24.8. The van der Waals surface area contributed by atoms with Crippen molar-refractivity contribution < 1.29 is 17.9 Å². The molecule has 0 aromatic heterocycles. The third-order valence-electron chi connectivity index (χ3n) is 5.03. The van der Waals surface area contributed by atoms with Crippen molar-refractivity contribution in [3.63, 3.8) is 0 Å². The summed E-state index contributed by atoms with van der Waals surface area (Å²) in [4.78, 5) is 2.11. The second-order valence-electron chi connectivity index (χ2n) is 7.05. The molecule has 10 heteroatoms. The zero-order valence-corrected chi connectivity index (χ0v) is 18.0. The van der Waals surface area contributed by atoms with Crippen LogP contribution in [0.25, 0.3) is 0 Å². The highest BCUT2D eigenvalue weighted by Crippen LogP contribution is 2.32. The van der Waals surface area contributed by atoms with Gasteiger partial charge in [-0.1, -0.05) is 29.3 Å². The van der Waals surface area contributed by atoms with Crippen LogP contribution in [0.2, 0.25) is 10.0 Å². The first-order valence-corrected chi connectivity index (χ1v) is 11.9. The molecule has 2 aliphatic rings. The highest BCUT2D eigenvalue weighted by Gasteiger charge is 2.28. The lowest BCUT2D eigenvalue weighted by molar-refractivity contribution is 0.0321. The zero-order valence-electron chi connectivity index (χ0n) is 15.7. The predicted octanol–water partition coefficient (Wildman–Crippen LogP) is 1.52. The van der Waals surface area contributed by atoms with Crippen LogP contribution in [-0.2, 0) is 19.5 Å². The van der Waals surface area contributed by atoms with E-state index in [1.54, 1.807) is 12.1 Å². The number of sulfonamides is 1. The van der Waals surface area contributed by atoms with Crippen molar-refractivity contribution in [1.29, 1.82) is 0 Å². The molecule has 1 aromatic rings. The fourth-order valence-electron chi connectivity index (χ4n) is 3.41. The molecule has 0 saturated carbocycles. The molecule has 158 valence electrons. The van der Waals surface area contributed by atoms with Gasteiger partial charge in [0.2, 0.25) is 10.0 Å². The summed E-state index contributed by atoms with van der Waals surface area (Å²) in [5.41, 5.74) is 0.899. The van der Waals surface area contributed by atoms with E-state index in [0.29, 0.717) is 49.5 Å². The second kappa shape index (κ2) is 10.5. The number of nitrogens with zero attached hydrogens (tertiary/aromatic N) is 1. The molecule has 0 unspecified atom stereocenters. The minimum absolute atomic E-state index is 0.0575. The lowest BCUT2D eigenvalue weighted by Crippen LogP contribution is -2.42. The molecule has 0 amide bonds. The predicted molar refractivity (Wildman–Crippen MR) is 111 cm³/mol. The van der Waals surface area contributed by atoms with Crippen LogP contribution in [0.1, 0.15) is 11.7 Å². The molecule has 3 rings (SSSR count). The van der Waals surface area contributed by atoms with Gasteiger partial charge in [0.1, 0.15) is 0 Å². The maximum atomic E-state index is 12.5. The number of nitrogens with one attached hydrogen (secondary N) is 2. The number of morpholine rings is 1. The van der Waals surface area contributed by atoms with Crippen molar-refractivity contribution >= 4 is 33.2 Å². The summed E-state index contributed by atoms with van der Waals surface area (Å²) in [6, 6.07) is 5.41. The van der Waals surface area contributed by atoms with Crippen LogP contribution in [0.3, 0.4) is 0 Å². The summed E-state index contributed by atoms with van der Waals surface area (Å²) in [6.45, 7) is 5.58. The molecule has 2 heterocycles. The summed E-state index contributed by atoms with van der Waals surface area (Å²) in [6.07, 6.45) is -0.258. The molecule has 2 fully saturated rings. The lowest BCUT2D eigenvalue weighted by atomic mass is 9.95. The first-order chi connectivity index (χ1) is 13.4. The second-order valence-corrected chi connectivity index (χ2v) is 9.79. The van der Waals surface area contributed by atoms with E-state index in [1.807, 2.05) is 6.07 Å². The number of benzene rings is 1. The van der Waals surface area contributed by atoms with Gasteiger partial charge in [0.15, 0.2) is 0 Å². The Balaban J connectivity index is 1.59. The fourth-order valence-corrected chi connectivity index (χ4v) is 4.82. The van der Waals surface area contributed by atoms with Gasteiger partial charge in [-0.05, 0) is 17.7 Å². The van der Waals surface area contributed by atoms with Gasteiger partial charge in [0.05, 0.1) is 41.7 Å². The molecule has 0 spiro atoms. The van der Waals surface area contributed by atoms with Gasteiger partial charge in [0.25, 0.3) is 0 Å². The number of halogens is 2. The van der Waals surface area contributed by atoms with E-state index in [1.165, 1.54) is 0 Å². The molecule has 2 N–H and O–H groups in total. The maximum Gasteiger partial charge on any atom is 0.212 e. The number of ether oxygens (including phenoxy) is 2. The van der Waals surface area contributed by atoms with E-state index in [-0.39, 0.29) is 17.8 Å². The highest BCUT2D eigenvalue weighted by atomic mass is 35.5. The fraction of sp³-hybridized carbons (Fsp3) is 0.667. The Morgan fingerprint density at radius 1 is 1.18 bits per heavy atom. The lowest BCUT2D eigenvalue weighted by Gasteiger charge is -2.27. The van der Waals surface area contributed by atoms with Crippen molar-refractivity contribution in [2.24, 2.45) is 5.92 Å². The first-order valence-electron chi connectivity index (χ1n) is 9.49. The maximum absolute atomic E-state index is 12.5. The summed E-state index contributed by atoms with van der Waals surface area (Å²) in [5, 5.41) is 4.25. The highest BCUT2D eigenvalue weighted by molar-refractivity contribution is 7.89. The summed E-state index contributed by atoms with van der Waals surface area (Å²) in [7, 11) is -3.38. The van der Waals surface area contributed by atoms with E-state index >= 15 is 0 Å². The molecule has 0 aliphatic carbocycles. The largest absolute Gasteiger partial charge is 0.379 e. The van der Waals surface area contributed by atoms with Crippen LogP contribution in [0, 0.1) is 5.92 Å². The topological polar surface area (TPSA) is 79.9 Å². The Hall–Kier alpha value is -0.450. The van der Waals surface area contributed by atoms with E-state index < -0.39 is 10.0 Å². The minimum atomic E-state index is -3.38. The van der Waals surface area contributed by atoms with E-state index in [0.717, 1.165) is 25.2 Å². The molecule has 0 bridgehead atoms. The Kier molecular flexibility index (Phi) is 8.37. The number of hydrogen-bond acceptors (Lipinski definition) is 6. The molecule has 2 atom stereocenters. The van der Waals surface area contributed by atoms with Gasteiger partial charge >= 0.3 is 0 Å². The smallest absolute Gasteiger partial charge is 0.212 e. The van der Waals surface area contributed by atoms with Gasteiger partial charge in [-0.2, -0.15) is 0 Å². The van der Waals surface area contributed by atoms with Crippen molar-refractivity contribution in [3.05, 3.63) is 33.8 Å². The van der Waals surface area contributed by atoms with E-state index in [4.69, 9.17) is 32.7 Å². The first kappa shape index (κ1) is 22.2. The standard InChI is InChI=1S/C18H27Cl2N3O4S/c19-16-2-1-14(11-17(16)20)18-15(12-21-3-7-27-18)13-22-28(24,25)10-6-23-4-8-26-9-5-23/h1-2,11,15,18,21-22H,3-10,12-13H2/t15-,18-/m0/s1. The SMILES string of the molecule is O=S(=O)(CCN1CCOCC1)NC[C@@H]1CNCCO[C@H]1c1ccc(Cl)c(Cl)c1. The van der Waals surface area contributed by atoms with Crippen molar-refractivity contribution in [1.82, 2.24) is 14.9 Å². The molecule has 0 radical (unpaired) electrons. The van der Waals surface area contributed by atoms with Crippen LogP contribution in [-0.4, -0.2) is 78.2 Å². The Bertz CT molecular complexity index is 744. The van der Waals surface area contributed by atoms with E-state index in [9.17, 15) is 8.42 Å². The molecule has 2 aliphatic heterocycles. The summed E-state index contributed by atoms with van der Waals surface area (Å²) < 4.78 is 39.0. The average molecular weight is 452 g/mol. The number of hydrogen-bond donors (Lipinski definition) is 2. The molecule has 28 heavy (non-hydrogen) atoms. The molecular weight excluding hydrogens is 425 g/mol. The monoisotopic (exact) mass is 451 g/mol. The van der Waals surface area contributed by atoms with Gasteiger partial charge in [-0.15, -0.1) is 0 Å². The van der Waals surface area contributed by atoms with Crippen LogP contribution in [0.15, 0.2) is 18.2 Å². The van der Waals surface area contributed by atoms with Gasteiger partial charge in [0, 0.05) is 45.2 Å². The van der Waals surface area contributed by atoms with Crippen LogP contribution in [0.4, 0.5) is 0 Å². The summed E-state index contributed by atoms with van der Waals surface area (Å²) in [5.74, 6) is 0.0174. The zero-order chi connectivity index (χ0) is 20.0. The quantitative estimate of drug-likeness (QED) is 0.653. The van der Waals surface area contributed by atoms with Crippen LogP contribution in [0.5, 0.6) is 0 Å².